The van der Waals surface area contributed by atoms with E-state index in [0.29, 0.717) is 23.9 Å². The largest absolute Gasteiger partial charge is 0.484 e. The number of nitrogens with one attached hydrogen (secondary N) is 1. The average molecular weight is 455 g/mol. The van der Waals surface area contributed by atoms with Crippen LogP contribution in [0.15, 0.2) is 47.0 Å². The van der Waals surface area contributed by atoms with Crippen molar-refractivity contribution >= 4 is 11.0 Å². The van der Waals surface area contributed by atoms with Gasteiger partial charge in [0.05, 0.1) is 17.7 Å². The lowest BCUT2D eigenvalue weighted by molar-refractivity contribution is 0.243. The molecule has 0 aliphatic carbocycles. The minimum atomic E-state index is -0.366. The Morgan fingerprint density at radius 1 is 1.03 bits per heavy atom. The summed E-state index contributed by atoms with van der Waals surface area (Å²) in [6.45, 7) is 12.5. The van der Waals surface area contributed by atoms with Crippen molar-refractivity contribution < 1.29 is 13.7 Å². The minimum Gasteiger partial charge on any atom is -0.484 e. The molecule has 0 aliphatic rings. The van der Waals surface area contributed by atoms with Gasteiger partial charge < -0.3 is 14.2 Å². The highest BCUT2D eigenvalue weighted by atomic mass is 19.1. The van der Waals surface area contributed by atoms with E-state index in [4.69, 9.17) is 9.26 Å². The lowest BCUT2D eigenvalue weighted by Gasteiger charge is -2.04. The molecule has 4 aromatic rings. The molecule has 0 spiro atoms. The number of hydrogen-bond acceptors (Lipinski definition) is 5. The number of alkyl halides is 1. The number of hydrogen-bond donors (Lipinski definition) is 1. The van der Waals surface area contributed by atoms with E-state index in [1.54, 1.807) is 12.1 Å². The molecule has 178 valence electrons. The molecule has 0 unspecified atom stereocenters. The van der Waals surface area contributed by atoms with Gasteiger partial charge in [-0.1, -0.05) is 58.3 Å². The smallest absolute Gasteiger partial charge is 0.264 e. The number of aryl methyl sites for hydroxylation is 2. The molecule has 0 radical (unpaired) electrons. The summed E-state index contributed by atoms with van der Waals surface area (Å²) in [5, 5.41) is 4.01. The van der Waals surface area contributed by atoms with Gasteiger partial charge in [-0.05, 0) is 48.7 Å². The van der Waals surface area contributed by atoms with Crippen molar-refractivity contribution in [3.05, 3.63) is 59.7 Å². The van der Waals surface area contributed by atoms with E-state index >= 15 is 0 Å². The molecule has 0 amide bonds. The van der Waals surface area contributed by atoms with E-state index in [1.807, 2.05) is 37.3 Å². The van der Waals surface area contributed by atoms with Gasteiger partial charge in [-0.15, -0.1) is 0 Å². The molecule has 2 heterocycles. The highest BCUT2D eigenvalue weighted by molar-refractivity contribution is 5.80. The summed E-state index contributed by atoms with van der Waals surface area (Å²) in [6.07, 6.45) is 1.66. The molecule has 0 saturated carbocycles. The van der Waals surface area contributed by atoms with Crippen molar-refractivity contribution in [2.75, 3.05) is 6.67 Å². The van der Waals surface area contributed by atoms with Crippen LogP contribution < -0.4 is 4.74 Å². The molecule has 2 aromatic heterocycles. The fourth-order valence-electron chi connectivity index (χ4n) is 2.71. The van der Waals surface area contributed by atoms with Crippen LogP contribution in [0, 0.1) is 12.8 Å². The lowest BCUT2D eigenvalue weighted by atomic mass is 10.2. The predicted molar refractivity (Wildman–Crippen MR) is 131 cm³/mol. The maximum atomic E-state index is 12.3. The SMILES string of the molecule is CC(C)C.CCC.Cc1nc2ccc(-c3noc(COc4ccc(CCF)cc4)n3)cc2[nH]1. The molecule has 6 nitrogen and oxygen atoms in total. The van der Waals surface area contributed by atoms with Crippen LogP contribution in [0.3, 0.4) is 0 Å². The number of imidazole rings is 1. The molecule has 0 bridgehead atoms. The molecule has 2 aromatic carbocycles. The van der Waals surface area contributed by atoms with E-state index in [-0.39, 0.29) is 13.3 Å². The predicted octanol–water partition coefficient (Wildman–Crippen LogP) is 7.09. The van der Waals surface area contributed by atoms with E-state index in [1.165, 1.54) is 6.42 Å². The van der Waals surface area contributed by atoms with Gasteiger partial charge in [-0.3, -0.25) is 4.39 Å². The maximum Gasteiger partial charge on any atom is 0.264 e. The van der Waals surface area contributed by atoms with Crippen LogP contribution in [0.2, 0.25) is 0 Å². The van der Waals surface area contributed by atoms with Crippen molar-refractivity contribution in [2.45, 2.75) is 61.0 Å². The fraction of sp³-hybridized carbons (Fsp3) is 0.423. The highest BCUT2D eigenvalue weighted by Gasteiger charge is 2.11. The molecule has 0 fully saturated rings. The molecule has 33 heavy (non-hydrogen) atoms. The summed E-state index contributed by atoms with van der Waals surface area (Å²) in [7, 11) is 0. The Bertz CT molecular complexity index is 1080. The summed E-state index contributed by atoms with van der Waals surface area (Å²) >= 11 is 0. The average Bonchev–Trinajstić information content (AvgIpc) is 3.39. The van der Waals surface area contributed by atoms with E-state index in [0.717, 1.165) is 33.9 Å². The van der Waals surface area contributed by atoms with Crippen molar-refractivity contribution in [3.63, 3.8) is 0 Å². The summed E-state index contributed by atoms with van der Waals surface area (Å²) in [4.78, 5) is 11.9. The molecule has 0 atom stereocenters. The first kappa shape index (κ1) is 26.0. The Balaban J connectivity index is 0.000000489. The number of aromatic nitrogens is 4. The van der Waals surface area contributed by atoms with Crippen molar-refractivity contribution in [1.82, 2.24) is 20.1 Å². The normalized spacial score (nSPS) is 10.4. The minimum absolute atomic E-state index is 0.168. The molecule has 7 heteroatoms. The third-order valence-electron chi connectivity index (χ3n) is 4.00. The summed E-state index contributed by atoms with van der Waals surface area (Å²) in [5.74, 6) is 3.24. The Morgan fingerprint density at radius 2 is 1.70 bits per heavy atom. The second-order valence-electron chi connectivity index (χ2n) is 8.38. The van der Waals surface area contributed by atoms with E-state index < -0.39 is 0 Å². The van der Waals surface area contributed by atoms with Gasteiger partial charge in [0.2, 0.25) is 5.82 Å². The topological polar surface area (TPSA) is 76.8 Å². The number of nitrogens with zero attached hydrogens (tertiary/aromatic N) is 3. The number of halogens is 1. The quantitative estimate of drug-likeness (QED) is 0.336. The second-order valence-corrected chi connectivity index (χ2v) is 8.38. The molecule has 4 rings (SSSR count). The van der Waals surface area contributed by atoms with Crippen molar-refractivity contribution in [3.8, 4) is 17.1 Å². The molecule has 0 saturated heterocycles. The van der Waals surface area contributed by atoms with Crippen LogP contribution in [0.25, 0.3) is 22.4 Å². The van der Waals surface area contributed by atoms with Crippen LogP contribution in [0.1, 0.15) is 58.3 Å². The Hall–Kier alpha value is -3.22. The van der Waals surface area contributed by atoms with E-state index in [2.05, 4.69) is 54.7 Å². The summed E-state index contributed by atoms with van der Waals surface area (Å²) < 4.78 is 23.2. The summed E-state index contributed by atoms with van der Waals surface area (Å²) in [5.41, 5.74) is 3.60. The molecular weight excluding hydrogens is 419 g/mol. The third kappa shape index (κ3) is 8.67. The van der Waals surface area contributed by atoms with Crippen LogP contribution in [-0.4, -0.2) is 26.8 Å². The first-order chi connectivity index (χ1) is 15.9. The van der Waals surface area contributed by atoms with Gasteiger partial charge >= 0.3 is 0 Å². The number of H-pyrrole nitrogens is 1. The first-order valence-electron chi connectivity index (χ1n) is 11.4. The van der Waals surface area contributed by atoms with Gasteiger partial charge in [0.1, 0.15) is 11.6 Å². The number of fused-ring (bicyclic) bond motifs is 1. The monoisotopic (exact) mass is 454 g/mol. The van der Waals surface area contributed by atoms with Gasteiger partial charge in [0, 0.05) is 12.0 Å². The van der Waals surface area contributed by atoms with Gasteiger partial charge in [-0.2, -0.15) is 4.98 Å². The van der Waals surface area contributed by atoms with Crippen molar-refractivity contribution in [1.29, 1.82) is 0 Å². The zero-order valence-electron chi connectivity index (χ0n) is 20.5. The Morgan fingerprint density at radius 3 is 2.33 bits per heavy atom. The number of aromatic amines is 1. The zero-order valence-corrected chi connectivity index (χ0v) is 20.5. The number of ether oxygens (including phenoxy) is 1. The summed E-state index contributed by atoms with van der Waals surface area (Å²) in [6, 6.07) is 13.1. The Kier molecular flexibility index (Phi) is 10.5. The van der Waals surface area contributed by atoms with Gasteiger partial charge in [0.15, 0.2) is 6.61 Å². The number of benzene rings is 2. The van der Waals surface area contributed by atoms with Crippen molar-refractivity contribution in [2.24, 2.45) is 5.92 Å². The Labute approximate surface area is 195 Å². The lowest BCUT2D eigenvalue weighted by Crippen LogP contribution is -1.96. The van der Waals surface area contributed by atoms with Crippen LogP contribution in [0.4, 0.5) is 4.39 Å². The molecule has 0 aliphatic heterocycles. The van der Waals surface area contributed by atoms with Crippen LogP contribution in [0.5, 0.6) is 5.75 Å². The highest BCUT2D eigenvalue weighted by Crippen LogP contribution is 2.22. The maximum absolute atomic E-state index is 12.3. The molecule has 1 N–H and O–H groups in total. The second kappa shape index (κ2) is 13.4. The third-order valence-corrected chi connectivity index (χ3v) is 4.00. The van der Waals surface area contributed by atoms with E-state index in [9.17, 15) is 4.39 Å². The molecular formula is C26H35FN4O2. The van der Waals surface area contributed by atoms with Crippen LogP contribution >= 0.6 is 0 Å². The van der Waals surface area contributed by atoms with Gasteiger partial charge in [-0.25, -0.2) is 4.98 Å². The fourth-order valence-corrected chi connectivity index (χ4v) is 2.71. The standard InChI is InChI=1S/C19H17FN4O2.C4H10.C3H8/c1-12-21-16-7-4-14(10-17(16)22-12)19-23-18(26-24-19)11-25-15-5-2-13(3-6-15)8-9-20;1-4(2)3;1-3-2/h2-7,10H,8-9,11H2,1H3,(H,21,22);4H,1-3H3;3H2,1-2H3. The number of rotatable bonds is 6. The first-order valence-corrected chi connectivity index (χ1v) is 11.4. The zero-order chi connectivity index (χ0) is 24.2. The van der Waals surface area contributed by atoms with Crippen LogP contribution in [-0.2, 0) is 13.0 Å². The van der Waals surface area contributed by atoms with Gasteiger partial charge in [0.25, 0.3) is 5.89 Å².